The van der Waals surface area contributed by atoms with Crippen molar-refractivity contribution < 1.29 is 26.7 Å². The predicted octanol–water partition coefficient (Wildman–Crippen LogP) is 0.252. The summed E-state index contributed by atoms with van der Waals surface area (Å²) >= 11 is 0. The van der Waals surface area contributed by atoms with Crippen LogP contribution in [0.4, 0.5) is 0 Å². The molecule has 2 aliphatic carbocycles. The maximum Gasteiger partial charge on any atom is 0.307 e. The molecule has 6 nitrogen and oxygen atoms in total. The number of carboxylic acid groups (broad SMARTS) is 1. The second kappa shape index (κ2) is 3.93. The monoisotopic (exact) mass is 296 g/mol. The zero-order chi connectivity index (χ0) is 13.8. The quantitative estimate of drug-likeness (QED) is 0.704. The lowest BCUT2D eigenvalue weighted by atomic mass is 9.86. The SMILES string of the molecule is CS(=O)(=O)S(=O)(=O)CC1(C(C(=O)O)C2CC2)CC1. The van der Waals surface area contributed by atoms with Gasteiger partial charge in [0.1, 0.15) is 0 Å². The van der Waals surface area contributed by atoms with E-state index in [-0.39, 0.29) is 5.92 Å². The molecule has 2 rings (SSSR count). The smallest absolute Gasteiger partial charge is 0.307 e. The van der Waals surface area contributed by atoms with Crippen LogP contribution in [0.3, 0.4) is 0 Å². The Morgan fingerprint density at radius 3 is 2.06 bits per heavy atom. The van der Waals surface area contributed by atoms with Crippen LogP contribution in [0.5, 0.6) is 0 Å². The van der Waals surface area contributed by atoms with E-state index < -0.39 is 40.8 Å². The van der Waals surface area contributed by atoms with Crippen LogP contribution in [0.25, 0.3) is 0 Å². The van der Waals surface area contributed by atoms with Gasteiger partial charge < -0.3 is 5.11 Å². The van der Waals surface area contributed by atoms with E-state index in [2.05, 4.69) is 0 Å². The molecule has 18 heavy (non-hydrogen) atoms. The van der Waals surface area contributed by atoms with Crippen LogP contribution >= 0.6 is 0 Å². The summed E-state index contributed by atoms with van der Waals surface area (Å²) < 4.78 is 45.8. The van der Waals surface area contributed by atoms with E-state index in [0.717, 1.165) is 12.8 Å². The van der Waals surface area contributed by atoms with Crippen molar-refractivity contribution in [3.63, 3.8) is 0 Å². The predicted molar refractivity (Wildman–Crippen MR) is 64.1 cm³/mol. The summed E-state index contributed by atoms with van der Waals surface area (Å²) in [6.07, 6.45) is 3.20. The Balaban J connectivity index is 2.25. The first kappa shape index (κ1) is 13.8. The minimum atomic E-state index is -4.27. The van der Waals surface area contributed by atoms with Crippen molar-refractivity contribution >= 4 is 23.7 Å². The van der Waals surface area contributed by atoms with E-state index in [0.29, 0.717) is 19.1 Å². The summed E-state index contributed by atoms with van der Waals surface area (Å²) in [6.45, 7) is 0. The Labute approximate surface area is 106 Å². The topological polar surface area (TPSA) is 106 Å². The van der Waals surface area contributed by atoms with E-state index in [4.69, 9.17) is 0 Å². The van der Waals surface area contributed by atoms with Crippen LogP contribution in [0.2, 0.25) is 0 Å². The largest absolute Gasteiger partial charge is 0.481 e. The highest BCUT2D eigenvalue weighted by atomic mass is 33.2. The molecule has 8 heteroatoms. The van der Waals surface area contributed by atoms with Gasteiger partial charge in [0.15, 0.2) is 0 Å². The van der Waals surface area contributed by atoms with Crippen molar-refractivity contribution in [3.05, 3.63) is 0 Å². The summed E-state index contributed by atoms with van der Waals surface area (Å²) in [6, 6.07) is 0. The van der Waals surface area contributed by atoms with Crippen LogP contribution in [-0.4, -0.2) is 39.9 Å². The first-order chi connectivity index (χ1) is 8.09. The van der Waals surface area contributed by atoms with E-state index in [1.807, 2.05) is 0 Å². The summed E-state index contributed by atoms with van der Waals surface area (Å²) in [4.78, 5) is 11.3. The molecule has 0 bridgehead atoms. The fourth-order valence-corrected chi connectivity index (χ4v) is 5.29. The number of hydrogen-bond donors (Lipinski definition) is 1. The van der Waals surface area contributed by atoms with Gasteiger partial charge >= 0.3 is 5.97 Å². The summed E-state index contributed by atoms with van der Waals surface area (Å²) in [5.41, 5.74) is -0.852. The molecule has 104 valence electrons. The lowest BCUT2D eigenvalue weighted by Crippen LogP contribution is -2.34. The van der Waals surface area contributed by atoms with Gasteiger partial charge in [0.25, 0.3) is 17.7 Å². The lowest BCUT2D eigenvalue weighted by Gasteiger charge is -2.22. The molecule has 0 spiro atoms. The number of rotatable bonds is 6. The van der Waals surface area contributed by atoms with Gasteiger partial charge in [-0.05, 0) is 37.0 Å². The second-order valence-corrected chi connectivity index (χ2v) is 11.6. The minimum Gasteiger partial charge on any atom is -0.481 e. The molecule has 2 aliphatic rings. The Morgan fingerprint density at radius 2 is 1.78 bits per heavy atom. The molecule has 0 aromatic heterocycles. The number of aliphatic carboxylic acids is 1. The summed E-state index contributed by atoms with van der Waals surface area (Å²) in [5.74, 6) is -2.25. The average Bonchev–Trinajstić information content (AvgIpc) is 3.01. The van der Waals surface area contributed by atoms with Gasteiger partial charge in [-0.25, -0.2) is 16.8 Å². The van der Waals surface area contributed by atoms with Crippen molar-refractivity contribution in [2.24, 2.45) is 17.3 Å². The van der Waals surface area contributed by atoms with Crippen molar-refractivity contribution in [1.29, 1.82) is 0 Å². The third-order valence-electron chi connectivity index (χ3n) is 3.84. The zero-order valence-electron chi connectivity index (χ0n) is 10.00. The normalized spacial score (nSPS) is 24.5. The molecule has 0 aromatic carbocycles. The van der Waals surface area contributed by atoms with Crippen LogP contribution < -0.4 is 0 Å². The molecule has 0 aliphatic heterocycles. The number of carbonyl (C=O) groups is 1. The summed E-state index contributed by atoms with van der Waals surface area (Å²) in [7, 11) is -8.45. The zero-order valence-corrected chi connectivity index (χ0v) is 11.6. The Bertz CT molecular complexity index is 565. The van der Waals surface area contributed by atoms with Crippen molar-refractivity contribution in [2.75, 3.05) is 12.0 Å². The van der Waals surface area contributed by atoms with E-state index in [1.165, 1.54) is 0 Å². The standard InChI is InChI=1S/C10H16O6S2/c1-17(13,14)18(15,16)6-10(4-5-10)8(9(11)12)7-2-3-7/h7-8H,2-6H2,1H3,(H,11,12). The molecule has 1 N–H and O–H groups in total. The average molecular weight is 296 g/mol. The van der Waals surface area contributed by atoms with E-state index in [9.17, 15) is 26.7 Å². The Hall–Kier alpha value is -0.630. The highest BCUT2D eigenvalue weighted by Gasteiger charge is 2.60. The molecule has 1 atom stereocenters. The first-order valence-electron chi connectivity index (χ1n) is 5.75. The molecule has 0 heterocycles. The highest BCUT2D eigenvalue weighted by molar-refractivity contribution is 8.66. The van der Waals surface area contributed by atoms with Gasteiger partial charge in [-0.1, -0.05) is 0 Å². The second-order valence-electron chi connectivity index (χ2n) is 5.42. The third kappa shape index (κ3) is 2.40. The first-order valence-corrected chi connectivity index (χ1v) is 9.81. The van der Waals surface area contributed by atoms with Crippen molar-refractivity contribution in [1.82, 2.24) is 0 Å². The van der Waals surface area contributed by atoms with Gasteiger partial charge in [0.05, 0.1) is 17.9 Å². The lowest BCUT2D eigenvalue weighted by molar-refractivity contribution is -0.144. The van der Waals surface area contributed by atoms with E-state index >= 15 is 0 Å². The van der Waals surface area contributed by atoms with Gasteiger partial charge in [-0.3, -0.25) is 4.79 Å². The van der Waals surface area contributed by atoms with E-state index in [1.54, 1.807) is 0 Å². The maximum absolute atomic E-state index is 11.7. The molecule has 2 fully saturated rings. The van der Waals surface area contributed by atoms with Crippen LogP contribution in [0, 0.1) is 17.3 Å². The minimum absolute atomic E-state index is 0.0137. The van der Waals surface area contributed by atoms with Crippen LogP contribution in [-0.2, 0) is 22.5 Å². The molecular formula is C10H16O6S2. The summed E-state index contributed by atoms with van der Waals surface area (Å²) in [5, 5.41) is 9.21. The van der Waals surface area contributed by atoms with Crippen LogP contribution in [0.1, 0.15) is 25.7 Å². The fourth-order valence-electron chi connectivity index (χ4n) is 2.56. The number of carboxylic acids is 1. The maximum atomic E-state index is 11.7. The van der Waals surface area contributed by atoms with Gasteiger partial charge in [-0.2, -0.15) is 0 Å². The molecular weight excluding hydrogens is 280 g/mol. The molecule has 0 aromatic rings. The molecule has 0 radical (unpaired) electrons. The molecule has 2 saturated carbocycles. The Morgan fingerprint density at radius 1 is 1.28 bits per heavy atom. The molecule has 0 amide bonds. The van der Waals surface area contributed by atoms with Gasteiger partial charge in [-0.15, -0.1) is 0 Å². The fraction of sp³-hybridized carbons (Fsp3) is 0.900. The van der Waals surface area contributed by atoms with Gasteiger partial charge in [0, 0.05) is 0 Å². The van der Waals surface area contributed by atoms with Gasteiger partial charge in [0.2, 0.25) is 0 Å². The molecule has 0 saturated heterocycles. The third-order valence-corrected chi connectivity index (χ3v) is 8.81. The highest BCUT2D eigenvalue weighted by Crippen LogP contribution is 2.60. The van der Waals surface area contributed by atoms with Crippen LogP contribution in [0.15, 0.2) is 0 Å². The van der Waals surface area contributed by atoms with Crippen molar-refractivity contribution in [2.45, 2.75) is 25.7 Å². The molecule has 1 unspecified atom stereocenters. The number of hydrogen-bond acceptors (Lipinski definition) is 5. The Kier molecular flexibility index (Phi) is 3.01. The van der Waals surface area contributed by atoms with Crippen molar-refractivity contribution in [3.8, 4) is 0 Å².